The van der Waals surface area contributed by atoms with Crippen molar-refractivity contribution in [3.05, 3.63) is 0 Å². The number of unbranched alkanes of at least 4 members (excludes halogenated alkanes) is 1. The molecule has 1 fully saturated rings. The fraction of sp³-hybridized carbons (Fsp3) is 0.900. The average molecular weight is 171 g/mol. The van der Waals surface area contributed by atoms with Gasteiger partial charge in [0.25, 0.3) is 0 Å². The fourth-order valence-electron chi connectivity index (χ4n) is 1.69. The smallest absolute Gasteiger partial charge is 0.133 e. The Kier molecular flexibility index (Phi) is 4.30. The average Bonchev–Trinajstić information content (AvgIpc) is 2.53. The molecule has 1 heterocycles. The van der Waals surface area contributed by atoms with Gasteiger partial charge in [-0.2, -0.15) is 0 Å². The van der Waals surface area contributed by atoms with Crippen molar-refractivity contribution in [3.63, 3.8) is 0 Å². The highest BCUT2D eigenvalue weighted by molar-refractivity contribution is 5.78. The molecule has 1 aliphatic rings. The first kappa shape index (κ1) is 9.72. The first-order chi connectivity index (χ1) is 5.83. The van der Waals surface area contributed by atoms with Crippen molar-refractivity contribution in [2.24, 2.45) is 5.92 Å². The molecule has 1 aliphatic heterocycles. The van der Waals surface area contributed by atoms with Crippen molar-refractivity contribution in [2.45, 2.75) is 39.0 Å². The molecule has 1 saturated heterocycles. The summed E-state index contributed by atoms with van der Waals surface area (Å²) in [5, 5.41) is 3.28. The molecule has 0 amide bonds. The second-order valence-corrected chi connectivity index (χ2v) is 3.71. The summed E-state index contributed by atoms with van der Waals surface area (Å²) in [6, 6.07) is 0. The molecule has 0 bridgehead atoms. The lowest BCUT2D eigenvalue weighted by Crippen LogP contribution is -2.12. The molecule has 0 aromatic carbocycles. The van der Waals surface area contributed by atoms with Crippen molar-refractivity contribution in [1.29, 1.82) is 0 Å². The predicted molar refractivity (Wildman–Crippen MR) is 52.2 cm³/mol. The molecular formula is C10H21NO. The van der Waals surface area contributed by atoms with Crippen molar-refractivity contribution in [3.8, 4) is 0 Å². The van der Waals surface area contributed by atoms with Gasteiger partial charge < -0.3 is 5.32 Å². The SMILES string of the molecule is CCCCC(=O)CC1CCNC1.[HH]. The second-order valence-electron chi connectivity index (χ2n) is 3.71. The number of ketones is 1. The zero-order valence-corrected chi connectivity index (χ0v) is 7.94. The largest absolute Gasteiger partial charge is 0.316 e. The quantitative estimate of drug-likeness (QED) is 0.685. The van der Waals surface area contributed by atoms with Crippen LogP contribution in [0.5, 0.6) is 0 Å². The third kappa shape index (κ3) is 3.35. The van der Waals surface area contributed by atoms with Gasteiger partial charge in [-0.25, -0.2) is 0 Å². The van der Waals surface area contributed by atoms with E-state index in [0.29, 0.717) is 11.7 Å². The topological polar surface area (TPSA) is 29.1 Å². The van der Waals surface area contributed by atoms with Crippen molar-refractivity contribution in [1.82, 2.24) is 5.32 Å². The Hall–Kier alpha value is -0.370. The summed E-state index contributed by atoms with van der Waals surface area (Å²) in [6.45, 7) is 4.29. The Bertz CT molecular complexity index is 144. The molecule has 12 heavy (non-hydrogen) atoms. The first-order valence-electron chi connectivity index (χ1n) is 5.05. The van der Waals surface area contributed by atoms with Crippen LogP contribution in [-0.4, -0.2) is 18.9 Å². The van der Waals surface area contributed by atoms with E-state index in [-0.39, 0.29) is 1.43 Å². The molecule has 0 radical (unpaired) electrons. The maximum Gasteiger partial charge on any atom is 0.133 e. The van der Waals surface area contributed by atoms with Crippen LogP contribution >= 0.6 is 0 Å². The highest BCUT2D eigenvalue weighted by Crippen LogP contribution is 2.14. The molecule has 1 atom stereocenters. The Labute approximate surface area is 76.2 Å². The lowest BCUT2D eigenvalue weighted by Gasteiger charge is -2.05. The molecule has 1 unspecified atom stereocenters. The summed E-state index contributed by atoms with van der Waals surface area (Å²) in [7, 11) is 0. The summed E-state index contributed by atoms with van der Waals surface area (Å²) in [5.74, 6) is 1.10. The summed E-state index contributed by atoms with van der Waals surface area (Å²) in [5.41, 5.74) is 0. The molecule has 1 N–H and O–H groups in total. The number of hydrogen-bond acceptors (Lipinski definition) is 2. The Morgan fingerprint density at radius 2 is 2.50 bits per heavy atom. The van der Waals surface area contributed by atoms with Gasteiger partial charge in [-0.1, -0.05) is 13.3 Å². The van der Waals surface area contributed by atoms with Crippen molar-refractivity contribution < 1.29 is 6.22 Å². The molecule has 0 aromatic heterocycles. The summed E-state index contributed by atoms with van der Waals surface area (Å²) >= 11 is 0. The molecule has 0 aromatic rings. The van der Waals surface area contributed by atoms with Crippen LogP contribution in [0.4, 0.5) is 0 Å². The van der Waals surface area contributed by atoms with E-state index >= 15 is 0 Å². The van der Waals surface area contributed by atoms with Crippen LogP contribution in [0.2, 0.25) is 0 Å². The molecule has 0 aliphatic carbocycles. The van der Waals surface area contributed by atoms with E-state index in [2.05, 4.69) is 12.2 Å². The van der Waals surface area contributed by atoms with Gasteiger partial charge in [0.1, 0.15) is 5.78 Å². The van der Waals surface area contributed by atoms with Gasteiger partial charge in [0.05, 0.1) is 0 Å². The fourth-order valence-corrected chi connectivity index (χ4v) is 1.69. The number of carbonyl (C=O) groups excluding carboxylic acids is 1. The lowest BCUT2D eigenvalue weighted by atomic mass is 9.99. The minimum atomic E-state index is 0. The molecule has 72 valence electrons. The number of hydrogen-bond donors (Lipinski definition) is 1. The number of carbonyl (C=O) groups is 1. The normalized spacial score (nSPS) is 22.9. The standard InChI is InChI=1S/C10H19NO.H2/c1-2-3-4-10(12)7-9-5-6-11-8-9;/h9,11H,2-8H2,1H3;1H. The van der Waals surface area contributed by atoms with Crippen LogP contribution in [0.1, 0.15) is 40.5 Å². The first-order valence-corrected chi connectivity index (χ1v) is 5.05. The lowest BCUT2D eigenvalue weighted by molar-refractivity contribution is -0.119. The van der Waals surface area contributed by atoms with Crippen LogP contribution in [0, 0.1) is 5.92 Å². The van der Waals surface area contributed by atoms with E-state index in [1.807, 2.05) is 0 Å². The van der Waals surface area contributed by atoms with Crippen LogP contribution in [0.15, 0.2) is 0 Å². The van der Waals surface area contributed by atoms with Crippen molar-refractivity contribution >= 4 is 5.78 Å². The summed E-state index contributed by atoms with van der Waals surface area (Å²) < 4.78 is 0. The highest BCUT2D eigenvalue weighted by atomic mass is 16.1. The Morgan fingerprint density at radius 3 is 3.08 bits per heavy atom. The van der Waals surface area contributed by atoms with Crippen molar-refractivity contribution in [2.75, 3.05) is 13.1 Å². The molecular weight excluding hydrogens is 150 g/mol. The van der Waals surface area contributed by atoms with E-state index in [1.54, 1.807) is 0 Å². The number of nitrogens with one attached hydrogen (secondary N) is 1. The monoisotopic (exact) mass is 171 g/mol. The zero-order chi connectivity index (χ0) is 8.81. The third-order valence-electron chi connectivity index (χ3n) is 2.49. The van der Waals surface area contributed by atoms with Gasteiger partial charge in [-0.3, -0.25) is 4.79 Å². The maximum absolute atomic E-state index is 11.3. The van der Waals surface area contributed by atoms with E-state index in [9.17, 15) is 4.79 Å². The van der Waals surface area contributed by atoms with Crippen LogP contribution < -0.4 is 5.32 Å². The summed E-state index contributed by atoms with van der Waals surface area (Å²) in [4.78, 5) is 11.3. The molecule has 2 heteroatoms. The van der Waals surface area contributed by atoms with Gasteiger partial charge in [0.2, 0.25) is 0 Å². The molecule has 0 saturated carbocycles. The van der Waals surface area contributed by atoms with Gasteiger partial charge in [-0.05, 0) is 31.8 Å². The molecule has 1 rings (SSSR count). The van der Waals surface area contributed by atoms with Crippen LogP contribution in [0.3, 0.4) is 0 Å². The van der Waals surface area contributed by atoms with Crippen LogP contribution in [-0.2, 0) is 4.79 Å². The Morgan fingerprint density at radius 1 is 1.67 bits per heavy atom. The van der Waals surface area contributed by atoms with E-state index in [4.69, 9.17) is 0 Å². The number of rotatable bonds is 5. The van der Waals surface area contributed by atoms with E-state index < -0.39 is 0 Å². The van der Waals surface area contributed by atoms with Gasteiger partial charge in [-0.15, -0.1) is 0 Å². The number of Topliss-reactive ketones (excluding diaryl/α,β-unsaturated/α-hetero) is 1. The van der Waals surface area contributed by atoms with Gasteiger partial charge in [0, 0.05) is 14.3 Å². The van der Waals surface area contributed by atoms with Crippen LogP contribution in [0.25, 0.3) is 0 Å². The van der Waals surface area contributed by atoms with Gasteiger partial charge in [0.15, 0.2) is 0 Å². The predicted octanol–water partition coefficient (Wildman–Crippen LogP) is 1.99. The minimum absolute atomic E-state index is 0. The van der Waals surface area contributed by atoms with E-state index in [0.717, 1.165) is 38.8 Å². The minimum Gasteiger partial charge on any atom is -0.316 e. The zero-order valence-electron chi connectivity index (χ0n) is 7.94. The van der Waals surface area contributed by atoms with E-state index in [1.165, 1.54) is 6.42 Å². The second kappa shape index (κ2) is 5.31. The highest BCUT2D eigenvalue weighted by Gasteiger charge is 2.17. The Balaban J connectivity index is 0.00000144. The molecule has 0 spiro atoms. The molecule has 2 nitrogen and oxygen atoms in total. The maximum atomic E-state index is 11.3. The summed E-state index contributed by atoms with van der Waals surface area (Å²) in [6.07, 6.45) is 5.01. The van der Waals surface area contributed by atoms with Gasteiger partial charge >= 0.3 is 0 Å². The third-order valence-corrected chi connectivity index (χ3v) is 2.49.